The van der Waals surface area contributed by atoms with Gasteiger partial charge in [-0.15, -0.1) is 0 Å². The van der Waals surface area contributed by atoms with Gasteiger partial charge in [-0.1, -0.05) is 19.3 Å². The minimum atomic E-state index is -1.33. The van der Waals surface area contributed by atoms with Crippen molar-refractivity contribution in [1.29, 1.82) is 0 Å². The number of carboxylic acid groups (broad SMARTS) is 1. The van der Waals surface area contributed by atoms with Crippen molar-refractivity contribution >= 4 is 17.7 Å². The topological polar surface area (TPSA) is 78.4 Å². The number of hydrogen-bond acceptors (Lipinski definition) is 2. The van der Waals surface area contributed by atoms with E-state index in [2.05, 4.69) is 10.6 Å². The number of halogens is 1. The lowest BCUT2D eigenvalue weighted by molar-refractivity contribution is 0.0692. The molecule has 1 fully saturated rings. The molecule has 0 unspecified atom stereocenters. The van der Waals surface area contributed by atoms with Crippen LogP contribution < -0.4 is 10.6 Å². The molecule has 0 radical (unpaired) electrons. The lowest BCUT2D eigenvalue weighted by Crippen LogP contribution is -2.31. The zero-order chi connectivity index (χ0) is 14.5. The van der Waals surface area contributed by atoms with Gasteiger partial charge in [0.1, 0.15) is 5.82 Å². The minimum absolute atomic E-state index is 0.230. The Labute approximate surface area is 116 Å². The van der Waals surface area contributed by atoms with Crippen molar-refractivity contribution in [3.8, 4) is 0 Å². The van der Waals surface area contributed by atoms with Gasteiger partial charge in [0.2, 0.25) is 0 Å². The number of nitrogens with one attached hydrogen (secondary N) is 2. The molecule has 5 nitrogen and oxygen atoms in total. The molecule has 1 aromatic rings. The number of aromatic carboxylic acids is 1. The van der Waals surface area contributed by atoms with Crippen molar-refractivity contribution in [2.45, 2.75) is 25.7 Å². The van der Waals surface area contributed by atoms with Gasteiger partial charge in [0, 0.05) is 12.2 Å². The molecule has 108 valence electrons. The monoisotopic (exact) mass is 280 g/mol. The average Bonchev–Trinajstić information content (AvgIpc) is 2.32. The molecule has 1 aromatic carbocycles. The van der Waals surface area contributed by atoms with Gasteiger partial charge >= 0.3 is 12.0 Å². The van der Waals surface area contributed by atoms with Gasteiger partial charge in [-0.2, -0.15) is 0 Å². The van der Waals surface area contributed by atoms with Crippen LogP contribution >= 0.6 is 0 Å². The van der Waals surface area contributed by atoms with Crippen LogP contribution in [0, 0.1) is 11.7 Å². The molecular formula is C14H17FN2O3. The van der Waals surface area contributed by atoms with Gasteiger partial charge in [-0.3, -0.25) is 0 Å². The van der Waals surface area contributed by atoms with Gasteiger partial charge in [-0.05, 0) is 30.5 Å². The van der Waals surface area contributed by atoms with E-state index in [0.717, 1.165) is 18.6 Å². The average molecular weight is 280 g/mol. The van der Waals surface area contributed by atoms with Crippen molar-refractivity contribution < 1.29 is 19.1 Å². The summed E-state index contributed by atoms with van der Waals surface area (Å²) in [7, 11) is 0. The van der Waals surface area contributed by atoms with Crippen LogP contribution in [0.5, 0.6) is 0 Å². The third kappa shape index (κ3) is 3.69. The zero-order valence-corrected chi connectivity index (χ0v) is 11.0. The Bertz CT molecular complexity index is 515. The van der Waals surface area contributed by atoms with Gasteiger partial charge in [0.25, 0.3) is 0 Å². The molecule has 0 aromatic heterocycles. The summed E-state index contributed by atoms with van der Waals surface area (Å²) in [4.78, 5) is 22.2. The normalized spacial score (nSPS) is 14.4. The summed E-state index contributed by atoms with van der Waals surface area (Å²) in [5.41, 5.74) is -0.186. The summed E-state index contributed by atoms with van der Waals surface area (Å²) >= 11 is 0. The van der Waals surface area contributed by atoms with Crippen LogP contribution in [0.25, 0.3) is 0 Å². The first kappa shape index (κ1) is 14.3. The van der Waals surface area contributed by atoms with E-state index in [1.807, 2.05) is 0 Å². The van der Waals surface area contributed by atoms with E-state index < -0.39 is 23.4 Å². The third-order valence-electron chi connectivity index (χ3n) is 3.52. The lowest BCUT2D eigenvalue weighted by Gasteiger charge is -2.25. The maximum atomic E-state index is 13.4. The van der Waals surface area contributed by atoms with Gasteiger partial charge in [0.05, 0.1) is 5.56 Å². The first-order chi connectivity index (χ1) is 9.56. The summed E-state index contributed by atoms with van der Waals surface area (Å²) in [6, 6.07) is 3.07. The highest BCUT2D eigenvalue weighted by Gasteiger charge is 2.17. The highest BCUT2D eigenvalue weighted by molar-refractivity contribution is 5.91. The Morgan fingerprint density at radius 1 is 1.35 bits per heavy atom. The molecule has 2 rings (SSSR count). The summed E-state index contributed by atoms with van der Waals surface area (Å²) in [5, 5.41) is 13.9. The fraction of sp³-hybridized carbons (Fsp3) is 0.429. The molecule has 3 N–H and O–H groups in total. The van der Waals surface area contributed by atoms with Crippen molar-refractivity contribution in [1.82, 2.24) is 5.32 Å². The number of amides is 2. The van der Waals surface area contributed by atoms with Crippen LogP contribution in [0.1, 0.15) is 36.0 Å². The molecule has 1 saturated carbocycles. The molecule has 0 atom stereocenters. The number of carboxylic acids is 1. The zero-order valence-electron chi connectivity index (χ0n) is 11.0. The molecule has 6 heteroatoms. The maximum Gasteiger partial charge on any atom is 0.338 e. The molecule has 2 amide bonds. The van der Waals surface area contributed by atoms with Crippen molar-refractivity contribution in [3.05, 3.63) is 29.6 Å². The highest BCUT2D eigenvalue weighted by Crippen LogP contribution is 2.28. The Morgan fingerprint density at radius 3 is 2.65 bits per heavy atom. The van der Waals surface area contributed by atoms with E-state index in [1.165, 1.54) is 25.3 Å². The van der Waals surface area contributed by atoms with Gasteiger partial charge in [-0.25, -0.2) is 14.0 Å². The fourth-order valence-electron chi connectivity index (χ4n) is 2.11. The first-order valence-electron chi connectivity index (χ1n) is 6.64. The molecular weight excluding hydrogens is 263 g/mol. The van der Waals surface area contributed by atoms with Crippen molar-refractivity contribution in [2.75, 3.05) is 11.9 Å². The Kier molecular flexibility index (Phi) is 4.55. The van der Waals surface area contributed by atoms with E-state index in [0.29, 0.717) is 12.5 Å². The number of anilines is 1. The second-order valence-electron chi connectivity index (χ2n) is 4.97. The van der Waals surface area contributed by atoms with E-state index in [9.17, 15) is 14.0 Å². The predicted molar refractivity (Wildman–Crippen MR) is 72.3 cm³/mol. The SMILES string of the molecule is O=C(NCCC1CCC1)Nc1ccc(C(=O)O)c(F)c1. The van der Waals surface area contributed by atoms with Crippen LogP contribution in [0.15, 0.2) is 18.2 Å². The Morgan fingerprint density at radius 2 is 2.10 bits per heavy atom. The predicted octanol–water partition coefficient (Wildman–Crippen LogP) is 2.84. The summed E-state index contributed by atoms with van der Waals surface area (Å²) in [6.45, 7) is 0.589. The molecule has 1 aliphatic rings. The Hall–Kier alpha value is -2.11. The quantitative estimate of drug-likeness (QED) is 0.776. The molecule has 20 heavy (non-hydrogen) atoms. The largest absolute Gasteiger partial charge is 0.478 e. The van der Waals surface area contributed by atoms with Crippen LogP contribution in [-0.4, -0.2) is 23.7 Å². The van der Waals surface area contributed by atoms with E-state index in [-0.39, 0.29) is 5.69 Å². The lowest BCUT2D eigenvalue weighted by atomic mass is 9.83. The molecule has 1 aliphatic carbocycles. The minimum Gasteiger partial charge on any atom is -0.478 e. The number of hydrogen-bond donors (Lipinski definition) is 3. The van der Waals surface area contributed by atoms with E-state index >= 15 is 0 Å². The molecule has 0 aliphatic heterocycles. The molecule has 0 heterocycles. The van der Waals surface area contributed by atoms with E-state index in [1.54, 1.807) is 0 Å². The number of carbonyl (C=O) groups excluding carboxylic acids is 1. The number of carbonyl (C=O) groups is 2. The van der Waals surface area contributed by atoms with Gasteiger partial charge in [0.15, 0.2) is 0 Å². The number of benzene rings is 1. The van der Waals surface area contributed by atoms with Crippen LogP contribution in [-0.2, 0) is 0 Å². The molecule has 0 spiro atoms. The summed E-state index contributed by atoms with van der Waals surface area (Å²) in [5.74, 6) is -1.49. The smallest absolute Gasteiger partial charge is 0.338 e. The molecule has 0 bridgehead atoms. The summed E-state index contributed by atoms with van der Waals surface area (Å²) in [6.07, 6.45) is 4.68. The number of rotatable bonds is 5. The standard InChI is InChI=1S/C14H17FN2O3/c15-12-8-10(4-5-11(12)13(18)19)17-14(20)16-7-6-9-2-1-3-9/h4-5,8-9H,1-3,6-7H2,(H,18,19)(H2,16,17,20). The van der Waals surface area contributed by atoms with Gasteiger partial charge < -0.3 is 15.7 Å². The van der Waals surface area contributed by atoms with Crippen molar-refractivity contribution in [3.63, 3.8) is 0 Å². The molecule has 0 saturated heterocycles. The maximum absolute atomic E-state index is 13.4. The number of urea groups is 1. The van der Waals surface area contributed by atoms with Crippen molar-refractivity contribution in [2.24, 2.45) is 5.92 Å². The van der Waals surface area contributed by atoms with E-state index in [4.69, 9.17) is 5.11 Å². The van der Waals surface area contributed by atoms with Crippen LogP contribution in [0.4, 0.5) is 14.9 Å². The fourth-order valence-corrected chi connectivity index (χ4v) is 2.11. The van der Waals surface area contributed by atoms with Crippen LogP contribution in [0.2, 0.25) is 0 Å². The second-order valence-corrected chi connectivity index (χ2v) is 4.97. The summed E-state index contributed by atoms with van der Waals surface area (Å²) < 4.78 is 13.4. The second kappa shape index (κ2) is 6.36. The highest BCUT2D eigenvalue weighted by atomic mass is 19.1. The Balaban J connectivity index is 1.81. The first-order valence-corrected chi connectivity index (χ1v) is 6.64. The van der Waals surface area contributed by atoms with Crippen LogP contribution in [0.3, 0.4) is 0 Å². The third-order valence-corrected chi connectivity index (χ3v) is 3.52.